The number of pyridine rings is 1. The molecule has 0 unspecified atom stereocenters. The maximum atomic E-state index is 12.6. The maximum Gasteiger partial charge on any atom is 0.266 e. The molecule has 3 aromatic rings. The Morgan fingerprint density at radius 3 is 2.91 bits per heavy atom. The fraction of sp³-hybridized carbons (Fsp3) is 0.412. The van der Waals surface area contributed by atoms with Crippen molar-refractivity contribution >= 4 is 21.4 Å². The van der Waals surface area contributed by atoms with Gasteiger partial charge in [-0.2, -0.15) is 5.10 Å². The van der Waals surface area contributed by atoms with Gasteiger partial charge in [-0.05, 0) is 43.2 Å². The molecule has 23 heavy (non-hydrogen) atoms. The summed E-state index contributed by atoms with van der Waals surface area (Å²) in [6, 6.07) is 2.16. The van der Waals surface area contributed by atoms with Crippen LogP contribution < -0.4 is 5.56 Å². The van der Waals surface area contributed by atoms with Crippen molar-refractivity contribution < 1.29 is 4.74 Å². The number of hydrogen-bond donors (Lipinski definition) is 2. The van der Waals surface area contributed by atoms with E-state index in [1.165, 1.54) is 5.56 Å². The number of aromatic nitrogens is 3. The Balaban J connectivity index is 1.84. The van der Waals surface area contributed by atoms with Crippen LogP contribution in [0.15, 0.2) is 23.3 Å². The Kier molecular flexibility index (Phi) is 2.67. The van der Waals surface area contributed by atoms with Gasteiger partial charge in [0.2, 0.25) is 0 Å². The zero-order chi connectivity index (χ0) is 15.6. The Labute approximate surface area is 136 Å². The van der Waals surface area contributed by atoms with Crippen LogP contribution in [0, 0.1) is 0 Å². The van der Waals surface area contributed by atoms with Crippen molar-refractivity contribution in [1.82, 2.24) is 15.2 Å². The Bertz CT molecular complexity index is 946. The third-order valence-electron chi connectivity index (χ3n) is 5.57. The van der Waals surface area contributed by atoms with Gasteiger partial charge in [0, 0.05) is 29.1 Å². The number of methoxy groups -OCH3 is 1. The van der Waals surface area contributed by atoms with Gasteiger partial charge in [-0.25, -0.2) is 0 Å². The van der Waals surface area contributed by atoms with Gasteiger partial charge in [0.15, 0.2) is 0 Å². The predicted octanol–water partition coefficient (Wildman–Crippen LogP) is 3.49. The summed E-state index contributed by atoms with van der Waals surface area (Å²) in [6.45, 7) is 0. The van der Waals surface area contributed by atoms with Crippen LogP contribution in [0.4, 0.5) is 0 Å². The first kappa shape index (κ1) is 13.5. The minimum atomic E-state index is -0.296. The summed E-state index contributed by atoms with van der Waals surface area (Å²) in [7, 11) is 1.77. The molecule has 6 rings (SSSR count). The van der Waals surface area contributed by atoms with E-state index >= 15 is 0 Å². The molecule has 0 amide bonds. The minimum absolute atomic E-state index is 0.00229. The molecule has 0 radical (unpaired) electrons. The summed E-state index contributed by atoms with van der Waals surface area (Å²) < 4.78 is 6.71. The zero-order valence-electron chi connectivity index (χ0n) is 12.8. The predicted molar refractivity (Wildman–Crippen MR) is 89.9 cm³/mol. The number of aromatic amines is 2. The van der Waals surface area contributed by atoms with Gasteiger partial charge < -0.3 is 9.72 Å². The molecule has 0 aliphatic heterocycles. The lowest BCUT2D eigenvalue weighted by molar-refractivity contribution is -0.0631. The second-order valence-corrected chi connectivity index (χ2v) is 7.61. The third-order valence-corrected chi connectivity index (χ3v) is 6.75. The molecule has 3 aromatic heterocycles. The van der Waals surface area contributed by atoms with E-state index in [1.54, 1.807) is 24.6 Å². The van der Waals surface area contributed by atoms with E-state index in [4.69, 9.17) is 4.74 Å². The smallest absolute Gasteiger partial charge is 0.266 e. The van der Waals surface area contributed by atoms with E-state index in [9.17, 15) is 4.79 Å². The topological polar surface area (TPSA) is 70.8 Å². The average Bonchev–Trinajstić information content (AvgIpc) is 3.25. The van der Waals surface area contributed by atoms with E-state index in [-0.39, 0.29) is 11.2 Å². The van der Waals surface area contributed by atoms with E-state index in [0.29, 0.717) is 5.92 Å². The van der Waals surface area contributed by atoms with Gasteiger partial charge in [0.1, 0.15) is 10.3 Å². The summed E-state index contributed by atoms with van der Waals surface area (Å²) >= 11 is 1.54. The Hall–Kier alpha value is -1.92. The molecule has 1 fully saturated rings. The van der Waals surface area contributed by atoms with Gasteiger partial charge in [-0.15, -0.1) is 11.3 Å². The molecule has 2 N–H and O–H groups in total. The standard InChI is InChI=1S/C17H17N3O2S/c1-22-17-4-2-9(3-5-17)13-11-6-12(10-7-18-19-8-10)23-14(11)16(21)20-15(13)17/h6-9H,2-5H2,1H3,(H,18,19)(H,20,21). The molecule has 0 atom stereocenters. The molecule has 3 aliphatic rings. The molecule has 0 spiro atoms. The third kappa shape index (κ3) is 1.70. The van der Waals surface area contributed by atoms with E-state index in [1.807, 2.05) is 6.20 Å². The number of fused-ring (bicyclic) bond motifs is 3. The van der Waals surface area contributed by atoms with E-state index in [2.05, 4.69) is 21.2 Å². The lowest BCUT2D eigenvalue weighted by Gasteiger charge is -2.46. The largest absolute Gasteiger partial charge is 0.372 e. The van der Waals surface area contributed by atoms with E-state index in [0.717, 1.165) is 51.9 Å². The molecular formula is C17H17N3O2S. The molecule has 6 heteroatoms. The van der Waals surface area contributed by atoms with Gasteiger partial charge in [-0.1, -0.05) is 0 Å². The van der Waals surface area contributed by atoms with Crippen LogP contribution in [-0.2, 0) is 10.3 Å². The van der Waals surface area contributed by atoms with Crippen molar-refractivity contribution in [2.75, 3.05) is 7.11 Å². The number of ether oxygens (including phenoxy) is 1. The van der Waals surface area contributed by atoms with Crippen LogP contribution in [0.2, 0.25) is 0 Å². The normalized spacial score (nSPS) is 25.9. The van der Waals surface area contributed by atoms with Crippen LogP contribution in [0.1, 0.15) is 42.9 Å². The number of thiophene rings is 1. The highest BCUT2D eigenvalue weighted by molar-refractivity contribution is 7.22. The highest BCUT2D eigenvalue weighted by atomic mass is 32.1. The SMILES string of the molecule is COC12CCC(CC1)c1c2[nH]c(=O)c2sc(-c3cn[nH]c3)cc12. The zero-order valence-corrected chi connectivity index (χ0v) is 13.6. The maximum absolute atomic E-state index is 12.6. The second-order valence-electron chi connectivity index (χ2n) is 6.56. The summed E-state index contributed by atoms with van der Waals surface area (Å²) in [4.78, 5) is 16.9. The van der Waals surface area contributed by atoms with Crippen LogP contribution in [0.5, 0.6) is 0 Å². The molecule has 3 aliphatic carbocycles. The second kappa shape index (κ2) is 4.55. The first-order valence-corrected chi connectivity index (χ1v) is 8.78. The monoisotopic (exact) mass is 327 g/mol. The number of nitrogens with zero attached hydrogens (tertiary/aromatic N) is 1. The fourth-order valence-electron chi connectivity index (χ4n) is 4.37. The lowest BCUT2D eigenvalue weighted by atomic mass is 9.65. The summed E-state index contributed by atoms with van der Waals surface area (Å²) in [5.74, 6) is 0.535. The van der Waals surface area contributed by atoms with Crippen molar-refractivity contribution in [2.24, 2.45) is 0 Å². The first-order chi connectivity index (χ1) is 11.2. The number of rotatable bonds is 2. The van der Waals surface area contributed by atoms with Crippen LogP contribution >= 0.6 is 11.3 Å². The molecule has 1 saturated carbocycles. The summed E-state index contributed by atoms with van der Waals surface area (Å²) in [6.07, 6.45) is 7.95. The highest BCUT2D eigenvalue weighted by Gasteiger charge is 2.47. The molecule has 5 nitrogen and oxygen atoms in total. The highest BCUT2D eigenvalue weighted by Crippen LogP contribution is 2.54. The molecular weight excluding hydrogens is 310 g/mol. The Morgan fingerprint density at radius 2 is 2.22 bits per heavy atom. The fourth-order valence-corrected chi connectivity index (χ4v) is 5.42. The van der Waals surface area contributed by atoms with Gasteiger partial charge in [0.05, 0.1) is 11.9 Å². The first-order valence-electron chi connectivity index (χ1n) is 7.96. The van der Waals surface area contributed by atoms with Crippen LogP contribution in [0.3, 0.4) is 0 Å². The minimum Gasteiger partial charge on any atom is -0.372 e. The summed E-state index contributed by atoms with van der Waals surface area (Å²) in [5.41, 5.74) is 3.07. The molecule has 2 bridgehead atoms. The quantitative estimate of drug-likeness (QED) is 0.757. The van der Waals surface area contributed by atoms with Gasteiger partial charge in [-0.3, -0.25) is 9.89 Å². The lowest BCUT2D eigenvalue weighted by Crippen LogP contribution is -2.41. The van der Waals surface area contributed by atoms with Gasteiger partial charge >= 0.3 is 0 Å². The summed E-state index contributed by atoms with van der Waals surface area (Å²) in [5, 5.41) is 7.97. The van der Waals surface area contributed by atoms with Crippen LogP contribution in [-0.4, -0.2) is 22.3 Å². The van der Waals surface area contributed by atoms with Crippen molar-refractivity contribution in [1.29, 1.82) is 0 Å². The van der Waals surface area contributed by atoms with Crippen molar-refractivity contribution in [3.8, 4) is 10.4 Å². The van der Waals surface area contributed by atoms with Crippen molar-refractivity contribution in [3.05, 3.63) is 40.1 Å². The Morgan fingerprint density at radius 1 is 1.39 bits per heavy atom. The van der Waals surface area contributed by atoms with Crippen molar-refractivity contribution in [2.45, 2.75) is 37.2 Å². The number of nitrogens with one attached hydrogen (secondary N) is 2. The molecule has 118 valence electrons. The average molecular weight is 327 g/mol. The molecule has 0 aromatic carbocycles. The van der Waals surface area contributed by atoms with Gasteiger partial charge in [0.25, 0.3) is 5.56 Å². The molecule has 0 saturated heterocycles. The number of hydrogen-bond acceptors (Lipinski definition) is 4. The van der Waals surface area contributed by atoms with Crippen LogP contribution in [0.25, 0.3) is 20.5 Å². The van der Waals surface area contributed by atoms with E-state index < -0.39 is 0 Å². The van der Waals surface area contributed by atoms with Crippen molar-refractivity contribution in [3.63, 3.8) is 0 Å². The number of H-pyrrole nitrogens is 2. The molecule has 3 heterocycles.